The summed E-state index contributed by atoms with van der Waals surface area (Å²) in [6.07, 6.45) is 9.57. The summed E-state index contributed by atoms with van der Waals surface area (Å²) >= 11 is 1.51. The lowest BCUT2D eigenvalue weighted by Crippen LogP contribution is -2.43. The van der Waals surface area contributed by atoms with Gasteiger partial charge in [0.05, 0.1) is 19.1 Å². The third kappa shape index (κ3) is 7.14. The van der Waals surface area contributed by atoms with Gasteiger partial charge in [0.25, 0.3) is 5.19 Å². The zero-order chi connectivity index (χ0) is 29.6. The molecule has 2 aliphatic carbocycles. The number of hydrogen-bond acceptors (Lipinski definition) is 6. The highest BCUT2D eigenvalue weighted by molar-refractivity contribution is 7.16. The van der Waals surface area contributed by atoms with E-state index >= 15 is 0 Å². The van der Waals surface area contributed by atoms with Crippen LogP contribution in [0.25, 0.3) is 10.4 Å². The Kier molecular flexibility index (Phi) is 9.83. The van der Waals surface area contributed by atoms with E-state index in [2.05, 4.69) is 58.5 Å². The van der Waals surface area contributed by atoms with E-state index in [4.69, 9.17) is 9.47 Å². The molecule has 0 unspecified atom stereocenters. The summed E-state index contributed by atoms with van der Waals surface area (Å²) in [7, 11) is 3.35. The standard InChI is InChI=1S/C34H43N3O4S/c1-22-18-27(14-17-31(22)40-3)25-10-8-24(9-11-25)21-37(33(39)26-12-15-29(16-13-26)36-23(2)38)30-7-5-6-28(19-30)32-20-35-34(41-4)42-32/h5-7,14,17-20,24-26,29H,8-13,15-16,21H2,1-4H3,(H,36,38)/t24-,25-,26-,29-. The first kappa shape index (κ1) is 30.1. The predicted octanol–water partition coefficient (Wildman–Crippen LogP) is 7.14. The molecular formula is C34H43N3O4S. The van der Waals surface area contributed by atoms with Crippen molar-refractivity contribution in [3.63, 3.8) is 0 Å². The Labute approximate surface area is 253 Å². The van der Waals surface area contributed by atoms with Crippen molar-refractivity contribution < 1.29 is 19.1 Å². The van der Waals surface area contributed by atoms with Crippen molar-refractivity contribution >= 4 is 28.8 Å². The normalized spacial score (nSPS) is 22.3. The van der Waals surface area contributed by atoms with E-state index in [1.807, 2.05) is 12.3 Å². The number of methoxy groups -OCH3 is 2. The molecule has 0 atom stereocenters. The first-order chi connectivity index (χ1) is 20.3. The van der Waals surface area contributed by atoms with E-state index in [9.17, 15) is 9.59 Å². The van der Waals surface area contributed by atoms with E-state index in [1.54, 1.807) is 21.1 Å². The Bertz CT molecular complexity index is 1370. The van der Waals surface area contributed by atoms with Gasteiger partial charge in [-0.15, -0.1) is 0 Å². The number of thiazole rings is 1. The third-order valence-electron chi connectivity index (χ3n) is 9.03. The van der Waals surface area contributed by atoms with Gasteiger partial charge in [0.1, 0.15) is 5.75 Å². The van der Waals surface area contributed by atoms with Gasteiger partial charge in [-0.05, 0) is 105 Å². The molecular weight excluding hydrogens is 546 g/mol. The Morgan fingerprint density at radius 3 is 2.38 bits per heavy atom. The van der Waals surface area contributed by atoms with Crippen LogP contribution in [-0.4, -0.2) is 43.6 Å². The fourth-order valence-corrected chi connectivity index (χ4v) is 7.45. The SMILES string of the molecule is COc1ncc(-c2cccc(N(C[C@H]3CC[C@H](c4ccc(OC)c(C)c4)CC3)C(=O)[C@H]3CC[C@H](NC(C)=O)CC3)c2)s1. The minimum absolute atomic E-state index is 0.00307. The maximum atomic E-state index is 14.2. The van der Waals surface area contributed by atoms with Crippen LogP contribution < -0.4 is 19.7 Å². The van der Waals surface area contributed by atoms with Crippen molar-refractivity contribution in [2.24, 2.45) is 11.8 Å². The van der Waals surface area contributed by atoms with Crippen LogP contribution in [0, 0.1) is 18.8 Å². The highest BCUT2D eigenvalue weighted by Gasteiger charge is 2.33. The largest absolute Gasteiger partial charge is 0.496 e. The van der Waals surface area contributed by atoms with Crippen LogP contribution in [0.4, 0.5) is 5.69 Å². The summed E-state index contributed by atoms with van der Waals surface area (Å²) in [5, 5.41) is 3.67. The number of anilines is 1. The Morgan fingerprint density at radius 2 is 1.74 bits per heavy atom. The average molecular weight is 590 g/mol. The van der Waals surface area contributed by atoms with Crippen LogP contribution in [-0.2, 0) is 9.59 Å². The van der Waals surface area contributed by atoms with Crippen molar-refractivity contribution in [1.29, 1.82) is 0 Å². The number of carbonyl (C=O) groups is 2. The van der Waals surface area contributed by atoms with Gasteiger partial charge in [0, 0.05) is 37.3 Å². The van der Waals surface area contributed by atoms with Crippen molar-refractivity contribution in [3.8, 4) is 21.4 Å². The first-order valence-electron chi connectivity index (χ1n) is 15.2. The second-order valence-electron chi connectivity index (χ2n) is 11.9. The Balaban J connectivity index is 1.32. The molecule has 42 heavy (non-hydrogen) atoms. The van der Waals surface area contributed by atoms with Gasteiger partial charge in [-0.3, -0.25) is 9.59 Å². The number of amides is 2. The van der Waals surface area contributed by atoms with E-state index in [0.717, 1.165) is 79.8 Å². The minimum Gasteiger partial charge on any atom is -0.496 e. The molecule has 2 aliphatic rings. The summed E-state index contributed by atoms with van der Waals surface area (Å²) in [5.41, 5.74) is 4.56. The molecule has 0 spiro atoms. The molecule has 2 amide bonds. The zero-order valence-corrected chi connectivity index (χ0v) is 26.0. The van der Waals surface area contributed by atoms with Crippen molar-refractivity contribution in [3.05, 3.63) is 59.8 Å². The summed E-state index contributed by atoms with van der Waals surface area (Å²) in [6, 6.07) is 15.0. The van der Waals surface area contributed by atoms with Crippen molar-refractivity contribution in [2.45, 2.75) is 77.2 Å². The van der Waals surface area contributed by atoms with Gasteiger partial charge in [-0.1, -0.05) is 35.6 Å². The molecule has 2 fully saturated rings. The van der Waals surface area contributed by atoms with Gasteiger partial charge in [0.15, 0.2) is 0 Å². The number of aryl methyl sites for hydroxylation is 1. The molecule has 2 aromatic carbocycles. The first-order valence-corrected chi connectivity index (χ1v) is 16.0. The van der Waals surface area contributed by atoms with E-state index in [0.29, 0.717) is 17.0 Å². The van der Waals surface area contributed by atoms with Crippen LogP contribution in [0.15, 0.2) is 48.7 Å². The predicted molar refractivity (Wildman–Crippen MR) is 168 cm³/mol. The lowest BCUT2D eigenvalue weighted by molar-refractivity contribution is -0.123. The van der Waals surface area contributed by atoms with E-state index < -0.39 is 0 Å². The molecule has 1 aromatic heterocycles. The molecule has 3 aromatic rings. The van der Waals surface area contributed by atoms with E-state index in [-0.39, 0.29) is 23.8 Å². The molecule has 7 nitrogen and oxygen atoms in total. The van der Waals surface area contributed by atoms with Gasteiger partial charge in [0.2, 0.25) is 11.8 Å². The fourth-order valence-electron chi connectivity index (χ4n) is 6.72. The molecule has 1 N–H and O–H groups in total. The second-order valence-corrected chi connectivity index (χ2v) is 12.9. The summed E-state index contributed by atoms with van der Waals surface area (Å²) in [6.45, 7) is 4.40. The number of hydrogen-bond donors (Lipinski definition) is 1. The maximum Gasteiger partial charge on any atom is 0.273 e. The Morgan fingerprint density at radius 1 is 0.976 bits per heavy atom. The summed E-state index contributed by atoms with van der Waals surface area (Å²) < 4.78 is 10.8. The highest BCUT2D eigenvalue weighted by Crippen LogP contribution is 2.39. The van der Waals surface area contributed by atoms with Gasteiger partial charge < -0.3 is 19.7 Å². The number of aromatic nitrogens is 1. The van der Waals surface area contributed by atoms with Gasteiger partial charge >= 0.3 is 0 Å². The Hall–Kier alpha value is -3.39. The summed E-state index contributed by atoms with van der Waals surface area (Å²) in [5.74, 6) is 2.12. The van der Waals surface area contributed by atoms with Crippen LogP contribution in [0.2, 0.25) is 0 Å². The number of rotatable bonds is 9. The zero-order valence-electron chi connectivity index (χ0n) is 25.2. The fraction of sp³-hybridized carbons (Fsp3) is 0.500. The highest BCUT2D eigenvalue weighted by atomic mass is 32.1. The minimum atomic E-state index is -0.0271. The van der Waals surface area contributed by atoms with Crippen molar-refractivity contribution in [2.75, 3.05) is 25.7 Å². The second kappa shape index (κ2) is 13.7. The molecule has 224 valence electrons. The molecule has 0 bridgehead atoms. The molecule has 0 aliphatic heterocycles. The molecule has 0 radical (unpaired) electrons. The quantitative estimate of drug-likeness (QED) is 0.287. The van der Waals surface area contributed by atoms with Crippen LogP contribution in [0.5, 0.6) is 10.9 Å². The van der Waals surface area contributed by atoms with Gasteiger partial charge in [-0.25, -0.2) is 4.98 Å². The maximum absolute atomic E-state index is 14.2. The number of nitrogens with zero attached hydrogens (tertiary/aromatic N) is 2. The smallest absolute Gasteiger partial charge is 0.273 e. The average Bonchev–Trinajstić information content (AvgIpc) is 3.50. The van der Waals surface area contributed by atoms with Crippen LogP contribution in [0.3, 0.4) is 0 Å². The monoisotopic (exact) mass is 589 g/mol. The number of ether oxygens (including phenoxy) is 2. The topological polar surface area (TPSA) is 80.8 Å². The van der Waals surface area contributed by atoms with E-state index in [1.165, 1.54) is 22.5 Å². The molecule has 1 heterocycles. The lowest BCUT2D eigenvalue weighted by Gasteiger charge is -2.36. The summed E-state index contributed by atoms with van der Waals surface area (Å²) in [4.78, 5) is 33.2. The van der Waals surface area contributed by atoms with Crippen molar-refractivity contribution in [1.82, 2.24) is 10.3 Å². The molecule has 5 rings (SSSR count). The lowest BCUT2D eigenvalue weighted by atomic mass is 9.78. The number of benzene rings is 2. The number of carbonyl (C=O) groups excluding carboxylic acids is 2. The molecule has 8 heteroatoms. The van der Waals surface area contributed by atoms with Crippen LogP contribution in [0.1, 0.15) is 75.3 Å². The third-order valence-corrected chi connectivity index (χ3v) is 10.0. The molecule has 0 saturated heterocycles. The number of nitrogens with one attached hydrogen (secondary N) is 1. The van der Waals surface area contributed by atoms with Gasteiger partial charge in [-0.2, -0.15) is 0 Å². The molecule has 2 saturated carbocycles. The van der Waals surface area contributed by atoms with Crippen LogP contribution >= 0.6 is 11.3 Å².